The van der Waals surface area contributed by atoms with Gasteiger partial charge in [0.2, 0.25) is 0 Å². The van der Waals surface area contributed by atoms with Gasteiger partial charge < -0.3 is 5.73 Å². The van der Waals surface area contributed by atoms with E-state index in [1.54, 1.807) is 46.9 Å². The van der Waals surface area contributed by atoms with Crippen LogP contribution in [0.15, 0.2) is 52.1 Å². The third-order valence-corrected chi connectivity index (χ3v) is 4.03. The average Bonchev–Trinajstić information content (AvgIpc) is 2.94. The van der Waals surface area contributed by atoms with Crippen LogP contribution in [0, 0.1) is 0 Å². The van der Waals surface area contributed by atoms with Gasteiger partial charge in [-0.15, -0.1) is 0 Å². The van der Waals surface area contributed by atoms with Crippen molar-refractivity contribution in [3.63, 3.8) is 0 Å². The normalized spacial score (nSPS) is 11.5. The maximum absolute atomic E-state index is 13.0. The second-order valence-corrected chi connectivity index (χ2v) is 5.40. The summed E-state index contributed by atoms with van der Waals surface area (Å²) in [6.45, 7) is 1.94. The highest BCUT2D eigenvalue weighted by Crippen LogP contribution is 2.16. The molecule has 0 bridgehead atoms. The number of hydrogen-bond donors (Lipinski definition) is 1. The van der Waals surface area contributed by atoms with Crippen molar-refractivity contribution in [3.05, 3.63) is 68.9 Å². The first-order valence-corrected chi connectivity index (χ1v) is 7.36. The number of nitrogens with two attached hydrogens (primary N) is 1. The van der Waals surface area contributed by atoms with Crippen molar-refractivity contribution in [2.45, 2.75) is 13.3 Å². The fourth-order valence-electron chi connectivity index (χ4n) is 2.94. The molecule has 1 aromatic carbocycles. The van der Waals surface area contributed by atoms with E-state index < -0.39 is 0 Å². The molecule has 2 N–H and O–H groups in total. The monoisotopic (exact) mass is 306 g/mol. The zero-order valence-corrected chi connectivity index (χ0v) is 12.5. The lowest BCUT2D eigenvalue weighted by atomic mass is 10.2. The van der Waals surface area contributed by atoms with Crippen molar-refractivity contribution in [1.29, 1.82) is 0 Å². The third-order valence-electron chi connectivity index (χ3n) is 4.03. The van der Waals surface area contributed by atoms with Gasteiger partial charge in [-0.3, -0.25) is 14.0 Å². The van der Waals surface area contributed by atoms with Crippen molar-refractivity contribution >= 4 is 22.4 Å². The first kappa shape index (κ1) is 13.5. The van der Waals surface area contributed by atoms with Gasteiger partial charge in [0.15, 0.2) is 0 Å². The average molecular weight is 306 g/mol. The molecule has 0 aliphatic heterocycles. The Hall–Kier alpha value is -3.15. The van der Waals surface area contributed by atoms with Crippen LogP contribution in [-0.2, 0) is 6.42 Å². The van der Waals surface area contributed by atoms with E-state index in [4.69, 9.17) is 5.73 Å². The van der Waals surface area contributed by atoms with Gasteiger partial charge in [0.1, 0.15) is 16.7 Å². The van der Waals surface area contributed by atoms with Gasteiger partial charge in [-0.25, -0.2) is 9.55 Å². The Labute approximate surface area is 130 Å². The van der Waals surface area contributed by atoms with E-state index in [1.807, 2.05) is 6.92 Å². The highest BCUT2D eigenvalue weighted by molar-refractivity contribution is 5.70. The maximum Gasteiger partial charge on any atom is 0.284 e. The summed E-state index contributed by atoms with van der Waals surface area (Å²) >= 11 is 0. The van der Waals surface area contributed by atoms with Gasteiger partial charge in [-0.1, -0.05) is 13.0 Å². The molecule has 3 aromatic heterocycles. The molecule has 0 atom stereocenters. The summed E-state index contributed by atoms with van der Waals surface area (Å²) in [6, 6.07) is 12.0. The summed E-state index contributed by atoms with van der Waals surface area (Å²) in [5.74, 6) is 0. The Bertz CT molecular complexity index is 1140. The lowest BCUT2D eigenvalue weighted by molar-refractivity contribution is 0.935. The molecule has 6 nitrogen and oxygen atoms in total. The van der Waals surface area contributed by atoms with Gasteiger partial charge >= 0.3 is 0 Å². The standard InChI is InChI=1S/C17H14N4O2/c1-2-12-15-17(23)20(11-8-6-10(18)7-9-11)16(22)13-4-3-5-14(19-12)21(13)15/h3-9H,2,18H2,1H3. The van der Waals surface area contributed by atoms with Crippen LogP contribution in [0.3, 0.4) is 0 Å². The zero-order valence-electron chi connectivity index (χ0n) is 12.5. The molecule has 114 valence electrons. The van der Waals surface area contributed by atoms with E-state index in [-0.39, 0.29) is 11.1 Å². The second kappa shape index (κ2) is 4.67. The molecule has 23 heavy (non-hydrogen) atoms. The smallest absolute Gasteiger partial charge is 0.284 e. The van der Waals surface area contributed by atoms with E-state index in [0.717, 1.165) is 0 Å². The molecule has 0 amide bonds. The van der Waals surface area contributed by atoms with Crippen LogP contribution >= 0.6 is 0 Å². The number of aryl methyl sites for hydroxylation is 1. The minimum absolute atomic E-state index is 0.358. The minimum Gasteiger partial charge on any atom is -0.399 e. The summed E-state index contributed by atoms with van der Waals surface area (Å²) in [6.07, 6.45) is 0.617. The first-order chi connectivity index (χ1) is 11.1. The largest absolute Gasteiger partial charge is 0.399 e. The number of rotatable bonds is 2. The Morgan fingerprint density at radius 3 is 2.48 bits per heavy atom. The van der Waals surface area contributed by atoms with E-state index >= 15 is 0 Å². The molecule has 4 aromatic rings. The topological polar surface area (TPSA) is 82.4 Å². The van der Waals surface area contributed by atoms with E-state index in [2.05, 4.69) is 4.98 Å². The Kier molecular flexibility index (Phi) is 2.74. The quantitative estimate of drug-likeness (QED) is 0.570. The van der Waals surface area contributed by atoms with Crippen LogP contribution in [0.1, 0.15) is 12.6 Å². The predicted molar refractivity (Wildman–Crippen MR) is 89.5 cm³/mol. The highest BCUT2D eigenvalue weighted by Gasteiger charge is 2.19. The maximum atomic E-state index is 13.0. The summed E-state index contributed by atoms with van der Waals surface area (Å²) < 4.78 is 2.84. The van der Waals surface area contributed by atoms with Crippen LogP contribution in [-0.4, -0.2) is 14.0 Å². The molecule has 0 saturated heterocycles. The lowest BCUT2D eigenvalue weighted by Gasteiger charge is -2.08. The minimum atomic E-state index is -0.363. The molecule has 0 aliphatic rings. The van der Waals surface area contributed by atoms with E-state index in [0.29, 0.717) is 40.2 Å². The van der Waals surface area contributed by atoms with Gasteiger partial charge in [0, 0.05) is 5.69 Å². The predicted octanol–water partition coefficient (Wildman–Crippen LogP) is 1.58. The van der Waals surface area contributed by atoms with Crippen molar-refractivity contribution < 1.29 is 0 Å². The van der Waals surface area contributed by atoms with Crippen LogP contribution < -0.4 is 16.9 Å². The van der Waals surface area contributed by atoms with E-state index in [9.17, 15) is 9.59 Å². The third kappa shape index (κ3) is 1.78. The van der Waals surface area contributed by atoms with Crippen molar-refractivity contribution in [1.82, 2.24) is 14.0 Å². The summed E-state index contributed by atoms with van der Waals surface area (Å²) in [5, 5.41) is 0. The number of aromatic nitrogens is 3. The van der Waals surface area contributed by atoms with Gasteiger partial charge in [-0.2, -0.15) is 0 Å². The molecule has 0 saturated carbocycles. The Balaban J connectivity index is 2.24. The van der Waals surface area contributed by atoms with Gasteiger partial charge in [0.25, 0.3) is 11.1 Å². The summed E-state index contributed by atoms with van der Waals surface area (Å²) in [5.41, 5.74) is 8.24. The number of nitrogen functional groups attached to an aromatic ring is 1. The number of benzene rings is 1. The molecule has 0 spiro atoms. The lowest BCUT2D eigenvalue weighted by Crippen LogP contribution is -2.34. The number of pyridine rings is 1. The van der Waals surface area contributed by atoms with Crippen molar-refractivity contribution in [2.75, 3.05) is 5.73 Å². The van der Waals surface area contributed by atoms with Gasteiger partial charge in [0.05, 0.1) is 11.4 Å². The fraction of sp³-hybridized carbons (Fsp3) is 0.118. The molecule has 0 fully saturated rings. The summed E-state index contributed by atoms with van der Waals surface area (Å²) in [7, 11) is 0. The molecule has 3 heterocycles. The number of hydrogen-bond acceptors (Lipinski definition) is 4. The molecule has 4 rings (SSSR count). The van der Waals surface area contributed by atoms with Crippen molar-refractivity contribution in [2.24, 2.45) is 0 Å². The SMILES string of the molecule is CCc1nc2cccc3c(=O)n(-c4ccc(N)cc4)c(=O)c1n23. The highest BCUT2D eigenvalue weighted by atomic mass is 16.2. The van der Waals surface area contributed by atoms with E-state index in [1.165, 1.54) is 4.57 Å². The first-order valence-electron chi connectivity index (χ1n) is 7.36. The molecule has 0 unspecified atom stereocenters. The molecule has 0 radical (unpaired) electrons. The molecule has 0 aliphatic carbocycles. The van der Waals surface area contributed by atoms with Crippen LogP contribution in [0.4, 0.5) is 5.69 Å². The number of imidazole rings is 1. The second-order valence-electron chi connectivity index (χ2n) is 5.40. The van der Waals surface area contributed by atoms with Gasteiger partial charge in [-0.05, 0) is 42.8 Å². The molecule has 6 heteroatoms. The summed E-state index contributed by atoms with van der Waals surface area (Å²) in [4.78, 5) is 30.2. The number of anilines is 1. The number of nitrogens with zero attached hydrogens (tertiary/aromatic N) is 3. The van der Waals surface area contributed by atoms with Crippen LogP contribution in [0.2, 0.25) is 0 Å². The molecular formula is C17H14N4O2. The van der Waals surface area contributed by atoms with Crippen LogP contribution in [0.5, 0.6) is 0 Å². The van der Waals surface area contributed by atoms with Crippen LogP contribution in [0.25, 0.3) is 22.4 Å². The Morgan fingerprint density at radius 2 is 1.78 bits per heavy atom. The molecular weight excluding hydrogens is 292 g/mol. The fourth-order valence-corrected chi connectivity index (χ4v) is 2.94. The Morgan fingerprint density at radius 1 is 1.04 bits per heavy atom. The van der Waals surface area contributed by atoms with Crippen molar-refractivity contribution in [3.8, 4) is 5.69 Å². The zero-order chi connectivity index (χ0) is 16.1.